The maximum absolute atomic E-state index is 5.73. The Balaban J connectivity index is 2.53. The van der Waals surface area contributed by atoms with Crippen molar-refractivity contribution in [3.05, 3.63) is 0 Å². The molecule has 0 aromatic carbocycles. The summed E-state index contributed by atoms with van der Waals surface area (Å²) in [6.45, 7) is 8.33. The molecule has 0 aromatic heterocycles. The molecule has 2 heteroatoms. The van der Waals surface area contributed by atoms with Crippen LogP contribution in [-0.4, -0.2) is 18.0 Å². The van der Waals surface area contributed by atoms with Gasteiger partial charge in [-0.15, -0.1) is 0 Å². The first-order valence-electron chi connectivity index (χ1n) is 4.93. The van der Waals surface area contributed by atoms with Gasteiger partial charge in [0.1, 0.15) is 0 Å². The Hall–Kier alpha value is -0.0800. The smallest absolute Gasteiger partial charge is 0.163 e. The highest BCUT2D eigenvalue weighted by Gasteiger charge is 2.33. The number of hydrogen-bond donors (Lipinski definition) is 0. The van der Waals surface area contributed by atoms with Gasteiger partial charge in [0.15, 0.2) is 5.79 Å². The fourth-order valence-electron chi connectivity index (χ4n) is 1.72. The van der Waals surface area contributed by atoms with Crippen LogP contribution in [0, 0.1) is 0 Å². The van der Waals surface area contributed by atoms with Crippen LogP contribution in [0.25, 0.3) is 0 Å². The van der Waals surface area contributed by atoms with Crippen molar-refractivity contribution in [1.29, 1.82) is 0 Å². The summed E-state index contributed by atoms with van der Waals surface area (Å²) in [5.41, 5.74) is 0. The monoisotopic (exact) mass is 172 g/mol. The van der Waals surface area contributed by atoms with Crippen LogP contribution in [0.4, 0.5) is 0 Å². The first-order chi connectivity index (χ1) is 5.57. The van der Waals surface area contributed by atoms with E-state index in [2.05, 4.69) is 13.8 Å². The van der Waals surface area contributed by atoms with E-state index >= 15 is 0 Å². The molecule has 12 heavy (non-hydrogen) atoms. The SMILES string of the molecule is CC[C@H]1C[C@H](CC)OC(C)(C)O1. The zero-order valence-corrected chi connectivity index (χ0v) is 8.59. The molecule has 1 saturated heterocycles. The second-order valence-electron chi connectivity index (χ2n) is 3.93. The summed E-state index contributed by atoms with van der Waals surface area (Å²) in [6.07, 6.45) is 4.00. The molecule has 1 fully saturated rings. The minimum Gasteiger partial charge on any atom is -0.347 e. The van der Waals surface area contributed by atoms with E-state index in [0.717, 1.165) is 19.3 Å². The lowest BCUT2D eigenvalue weighted by Crippen LogP contribution is -2.44. The highest BCUT2D eigenvalue weighted by atomic mass is 16.7. The van der Waals surface area contributed by atoms with E-state index in [9.17, 15) is 0 Å². The van der Waals surface area contributed by atoms with E-state index in [1.807, 2.05) is 13.8 Å². The summed E-state index contributed by atoms with van der Waals surface area (Å²) >= 11 is 0. The van der Waals surface area contributed by atoms with Crippen molar-refractivity contribution >= 4 is 0 Å². The van der Waals surface area contributed by atoms with Gasteiger partial charge in [-0.1, -0.05) is 13.8 Å². The summed E-state index contributed by atoms with van der Waals surface area (Å²) < 4.78 is 11.5. The lowest BCUT2D eigenvalue weighted by Gasteiger charge is -2.40. The Morgan fingerprint density at radius 3 is 1.83 bits per heavy atom. The maximum atomic E-state index is 5.73. The van der Waals surface area contributed by atoms with Gasteiger partial charge >= 0.3 is 0 Å². The third kappa shape index (κ3) is 2.46. The Morgan fingerprint density at radius 1 is 1.08 bits per heavy atom. The summed E-state index contributed by atoms with van der Waals surface area (Å²) in [5, 5.41) is 0. The molecule has 1 aliphatic rings. The summed E-state index contributed by atoms with van der Waals surface area (Å²) in [4.78, 5) is 0. The zero-order valence-electron chi connectivity index (χ0n) is 8.59. The van der Waals surface area contributed by atoms with Crippen LogP contribution in [-0.2, 0) is 9.47 Å². The van der Waals surface area contributed by atoms with Crippen molar-refractivity contribution in [3.8, 4) is 0 Å². The fourth-order valence-corrected chi connectivity index (χ4v) is 1.72. The molecule has 2 nitrogen and oxygen atoms in total. The van der Waals surface area contributed by atoms with Gasteiger partial charge in [0.25, 0.3) is 0 Å². The number of hydrogen-bond acceptors (Lipinski definition) is 2. The topological polar surface area (TPSA) is 18.5 Å². The van der Waals surface area contributed by atoms with Crippen molar-refractivity contribution in [2.75, 3.05) is 0 Å². The van der Waals surface area contributed by atoms with Crippen molar-refractivity contribution in [3.63, 3.8) is 0 Å². The van der Waals surface area contributed by atoms with Gasteiger partial charge in [-0.2, -0.15) is 0 Å². The van der Waals surface area contributed by atoms with E-state index in [0.29, 0.717) is 12.2 Å². The minimum absolute atomic E-state index is 0.375. The number of rotatable bonds is 2. The quantitative estimate of drug-likeness (QED) is 0.637. The maximum Gasteiger partial charge on any atom is 0.163 e. The van der Waals surface area contributed by atoms with Crippen LogP contribution in [0.1, 0.15) is 47.0 Å². The molecule has 0 unspecified atom stereocenters. The Kier molecular flexibility index (Phi) is 3.13. The van der Waals surface area contributed by atoms with Crippen molar-refractivity contribution in [1.82, 2.24) is 0 Å². The molecule has 0 radical (unpaired) electrons. The van der Waals surface area contributed by atoms with Gasteiger partial charge in [-0.25, -0.2) is 0 Å². The average Bonchev–Trinajstić information content (AvgIpc) is 2.01. The van der Waals surface area contributed by atoms with E-state index < -0.39 is 0 Å². The van der Waals surface area contributed by atoms with Gasteiger partial charge < -0.3 is 9.47 Å². The zero-order chi connectivity index (χ0) is 9.19. The van der Waals surface area contributed by atoms with Crippen molar-refractivity contribution in [2.45, 2.75) is 65.0 Å². The lowest BCUT2D eigenvalue weighted by atomic mass is 10.0. The van der Waals surface area contributed by atoms with Crippen molar-refractivity contribution < 1.29 is 9.47 Å². The average molecular weight is 172 g/mol. The Labute approximate surface area is 75.2 Å². The molecule has 0 aromatic rings. The van der Waals surface area contributed by atoms with E-state index in [4.69, 9.17) is 9.47 Å². The molecule has 2 atom stereocenters. The molecule has 0 aliphatic carbocycles. The number of ether oxygens (including phenoxy) is 2. The van der Waals surface area contributed by atoms with Gasteiger partial charge in [0.05, 0.1) is 12.2 Å². The molecule has 0 N–H and O–H groups in total. The highest BCUT2D eigenvalue weighted by molar-refractivity contribution is 4.74. The lowest BCUT2D eigenvalue weighted by molar-refractivity contribution is -0.299. The van der Waals surface area contributed by atoms with Gasteiger partial charge in [-0.05, 0) is 33.1 Å². The van der Waals surface area contributed by atoms with Crippen LogP contribution in [0.5, 0.6) is 0 Å². The van der Waals surface area contributed by atoms with Crippen LogP contribution in [0.15, 0.2) is 0 Å². The standard InChI is InChI=1S/C10H20O2/c1-5-8-7-9(6-2)12-10(3,4)11-8/h8-9H,5-7H2,1-4H3/t8-,9-/m0/s1. The largest absolute Gasteiger partial charge is 0.347 e. The summed E-state index contributed by atoms with van der Waals surface area (Å²) in [5.74, 6) is -0.375. The summed E-state index contributed by atoms with van der Waals surface area (Å²) in [7, 11) is 0. The Bertz CT molecular complexity index is 129. The summed E-state index contributed by atoms with van der Waals surface area (Å²) in [6, 6.07) is 0. The second-order valence-corrected chi connectivity index (χ2v) is 3.93. The third-order valence-corrected chi connectivity index (χ3v) is 2.34. The molecule has 0 saturated carbocycles. The molecule has 72 valence electrons. The minimum atomic E-state index is -0.375. The molecule has 1 heterocycles. The van der Waals surface area contributed by atoms with Gasteiger partial charge in [0.2, 0.25) is 0 Å². The molecule has 1 rings (SSSR count). The van der Waals surface area contributed by atoms with Crippen LogP contribution in [0.3, 0.4) is 0 Å². The van der Waals surface area contributed by atoms with E-state index in [1.54, 1.807) is 0 Å². The second kappa shape index (κ2) is 3.75. The van der Waals surface area contributed by atoms with Crippen LogP contribution < -0.4 is 0 Å². The van der Waals surface area contributed by atoms with E-state index in [-0.39, 0.29) is 5.79 Å². The fraction of sp³-hybridized carbons (Fsp3) is 1.00. The van der Waals surface area contributed by atoms with Crippen molar-refractivity contribution in [2.24, 2.45) is 0 Å². The highest BCUT2D eigenvalue weighted by Crippen LogP contribution is 2.29. The molecule has 0 spiro atoms. The molecular weight excluding hydrogens is 152 g/mol. The predicted molar refractivity (Wildman–Crippen MR) is 49.0 cm³/mol. The molecular formula is C10H20O2. The predicted octanol–water partition coefficient (Wildman–Crippen LogP) is 2.72. The molecule has 1 aliphatic heterocycles. The first kappa shape index (κ1) is 10.0. The normalized spacial score (nSPS) is 35.0. The van der Waals surface area contributed by atoms with E-state index in [1.165, 1.54) is 0 Å². The van der Waals surface area contributed by atoms with Gasteiger partial charge in [-0.3, -0.25) is 0 Å². The molecule has 0 amide bonds. The van der Waals surface area contributed by atoms with Gasteiger partial charge in [0, 0.05) is 0 Å². The van der Waals surface area contributed by atoms with Crippen LogP contribution in [0.2, 0.25) is 0 Å². The third-order valence-electron chi connectivity index (χ3n) is 2.34. The van der Waals surface area contributed by atoms with Crippen LogP contribution >= 0.6 is 0 Å². The Morgan fingerprint density at radius 2 is 1.50 bits per heavy atom. The first-order valence-corrected chi connectivity index (χ1v) is 4.93. The molecule has 0 bridgehead atoms.